The van der Waals surface area contributed by atoms with Gasteiger partial charge in [0, 0.05) is 6.61 Å². The second-order valence-electron chi connectivity index (χ2n) is 7.75. The Balaban J connectivity index is 0.00000210. The lowest BCUT2D eigenvalue weighted by molar-refractivity contribution is 0.131. The van der Waals surface area contributed by atoms with Crippen LogP contribution in [-0.4, -0.2) is 19.0 Å². The fourth-order valence-corrected chi connectivity index (χ4v) is 4.32. The lowest BCUT2D eigenvalue weighted by atomic mass is 9.82. The topological polar surface area (TPSA) is 33.6 Å². The Kier molecular flexibility index (Phi) is 6.56. The van der Waals surface area contributed by atoms with Crippen molar-refractivity contribution in [2.45, 2.75) is 44.2 Å². The van der Waals surface area contributed by atoms with Crippen molar-refractivity contribution in [2.75, 3.05) is 13.2 Å². The molecule has 0 saturated heterocycles. The first-order valence-electron chi connectivity index (χ1n) is 9.79. The van der Waals surface area contributed by atoms with Crippen LogP contribution in [0.15, 0.2) is 65.7 Å². The minimum atomic E-state index is -0.255. The van der Waals surface area contributed by atoms with E-state index in [1.165, 1.54) is 36.8 Å². The molecular formula is C23H29ClN2O. The molecule has 2 aromatic carbocycles. The molecule has 0 unspecified atom stereocenters. The van der Waals surface area contributed by atoms with Gasteiger partial charge in [-0.1, -0.05) is 73.5 Å². The summed E-state index contributed by atoms with van der Waals surface area (Å²) in [6.07, 6.45) is 5.34. The van der Waals surface area contributed by atoms with E-state index in [4.69, 9.17) is 9.73 Å². The number of hydrogen-bond acceptors (Lipinski definition) is 3. The monoisotopic (exact) mass is 384 g/mol. The molecule has 1 fully saturated rings. The molecule has 27 heavy (non-hydrogen) atoms. The fraction of sp³-hybridized carbons (Fsp3) is 0.435. The van der Waals surface area contributed by atoms with Gasteiger partial charge in [-0.05, 0) is 36.8 Å². The molecule has 1 N–H and O–H groups in total. The SMILES string of the molecule is C[C@@]1(c2ccccc2)NC(COCC2CCCC2)=N[C@@H]1c1ccccc1.Cl. The summed E-state index contributed by atoms with van der Waals surface area (Å²) in [4.78, 5) is 5.03. The second-order valence-corrected chi connectivity index (χ2v) is 7.75. The number of aliphatic imine (C=N–C) groups is 1. The highest BCUT2D eigenvalue weighted by atomic mass is 35.5. The van der Waals surface area contributed by atoms with E-state index >= 15 is 0 Å². The van der Waals surface area contributed by atoms with Gasteiger partial charge < -0.3 is 10.1 Å². The van der Waals surface area contributed by atoms with Gasteiger partial charge in [-0.15, -0.1) is 12.4 Å². The highest BCUT2D eigenvalue weighted by molar-refractivity contribution is 5.87. The summed E-state index contributed by atoms with van der Waals surface area (Å²) in [6, 6.07) is 21.2. The van der Waals surface area contributed by atoms with Crippen LogP contribution in [0, 0.1) is 5.92 Å². The van der Waals surface area contributed by atoms with Crippen LogP contribution in [-0.2, 0) is 10.3 Å². The number of amidine groups is 1. The van der Waals surface area contributed by atoms with E-state index in [-0.39, 0.29) is 24.0 Å². The number of nitrogens with one attached hydrogen (secondary N) is 1. The predicted molar refractivity (Wildman–Crippen MR) is 114 cm³/mol. The van der Waals surface area contributed by atoms with Gasteiger partial charge in [0.05, 0.1) is 5.54 Å². The molecule has 0 aromatic heterocycles. The smallest absolute Gasteiger partial charge is 0.124 e. The van der Waals surface area contributed by atoms with Gasteiger partial charge >= 0.3 is 0 Å². The molecule has 144 valence electrons. The van der Waals surface area contributed by atoms with Crippen LogP contribution in [0.2, 0.25) is 0 Å². The summed E-state index contributed by atoms with van der Waals surface area (Å²) in [6.45, 7) is 3.68. The number of nitrogens with zero attached hydrogens (tertiary/aromatic N) is 1. The van der Waals surface area contributed by atoms with Crippen LogP contribution in [0.1, 0.15) is 49.8 Å². The van der Waals surface area contributed by atoms with E-state index in [2.05, 4.69) is 72.9 Å². The van der Waals surface area contributed by atoms with E-state index in [1.54, 1.807) is 0 Å². The first-order chi connectivity index (χ1) is 12.8. The summed E-state index contributed by atoms with van der Waals surface area (Å²) < 4.78 is 6.02. The molecule has 1 aliphatic carbocycles. The van der Waals surface area contributed by atoms with Crippen molar-refractivity contribution >= 4 is 18.2 Å². The van der Waals surface area contributed by atoms with Gasteiger partial charge in [-0.25, -0.2) is 0 Å². The maximum atomic E-state index is 6.02. The average Bonchev–Trinajstić information content (AvgIpc) is 3.32. The zero-order chi connectivity index (χ0) is 17.8. The normalized spacial score (nSPS) is 24.9. The van der Waals surface area contributed by atoms with Gasteiger partial charge in [0.2, 0.25) is 0 Å². The second kappa shape index (κ2) is 8.90. The summed E-state index contributed by atoms with van der Waals surface area (Å²) in [5.41, 5.74) is 2.23. The third kappa shape index (κ3) is 4.36. The largest absolute Gasteiger partial charge is 0.373 e. The Hall–Kier alpha value is -1.84. The lowest BCUT2D eigenvalue weighted by Crippen LogP contribution is -2.42. The molecule has 2 atom stereocenters. The Labute approximate surface area is 168 Å². The molecular weight excluding hydrogens is 356 g/mol. The molecule has 3 nitrogen and oxygen atoms in total. The van der Waals surface area contributed by atoms with Gasteiger partial charge in [-0.2, -0.15) is 0 Å². The Morgan fingerprint density at radius 3 is 2.30 bits per heavy atom. The minimum Gasteiger partial charge on any atom is -0.373 e. The highest BCUT2D eigenvalue weighted by Crippen LogP contribution is 2.41. The molecule has 0 amide bonds. The third-order valence-electron chi connectivity index (χ3n) is 5.79. The van der Waals surface area contributed by atoms with Crippen molar-refractivity contribution in [1.82, 2.24) is 5.32 Å². The van der Waals surface area contributed by atoms with Crippen molar-refractivity contribution in [3.8, 4) is 0 Å². The molecule has 1 heterocycles. The summed E-state index contributed by atoms with van der Waals surface area (Å²) in [5.74, 6) is 1.70. The molecule has 0 bridgehead atoms. The Morgan fingerprint density at radius 2 is 1.63 bits per heavy atom. The molecule has 0 spiro atoms. The van der Waals surface area contributed by atoms with Crippen LogP contribution in [0.5, 0.6) is 0 Å². The van der Waals surface area contributed by atoms with Crippen LogP contribution >= 0.6 is 12.4 Å². The van der Waals surface area contributed by atoms with E-state index in [9.17, 15) is 0 Å². The van der Waals surface area contributed by atoms with Crippen molar-refractivity contribution in [2.24, 2.45) is 10.9 Å². The van der Waals surface area contributed by atoms with Crippen LogP contribution in [0.25, 0.3) is 0 Å². The Morgan fingerprint density at radius 1 is 1.00 bits per heavy atom. The quantitative estimate of drug-likeness (QED) is 0.735. The maximum absolute atomic E-state index is 6.02. The summed E-state index contributed by atoms with van der Waals surface area (Å²) in [5, 5.41) is 3.68. The van der Waals surface area contributed by atoms with Crippen molar-refractivity contribution in [3.63, 3.8) is 0 Å². The van der Waals surface area contributed by atoms with E-state index in [0.29, 0.717) is 6.61 Å². The third-order valence-corrected chi connectivity index (χ3v) is 5.79. The zero-order valence-corrected chi connectivity index (χ0v) is 16.8. The van der Waals surface area contributed by atoms with E-state index in [0.717, 1.165) is 18.4 Å². The van der Waals surface area contributed by atoms with Crippen LogP contribution in [0.3, 0.4) is 0 Å². The number of hydrogen-bond donors (Lipinski definition) is 1. The summed E-state index contributed by atoms with van der Waals surface area (Å²) >= 11 is 0. The first kappa shape index (κ1) is 19.9. The minimum absolute atomic E-state index is 0. The lowest BCUT2D eigenvalue weighted by Gasteiger charge is -2.32. The molecule has 4 rings (SSSR count). The van der Waals surface area contributed by atoms with E-state index < -0.39 is 0 Å². The van der Waals surface area contributed by atoms with Gasteiger partial charge in [-0.3, -0.25) is 4.99 Å². The van der Waals surface area contributed by atoms with Gasteiger partial charge in [0.25, 0.3) is 0 Å². The van der Waals surface area contributed by atoms with Crippen molar-refractivity contribution in [3.05, 3.63) is 71.8 Å². The van der Waals surface area contributed by atoms with Gasteiger partial charge in [0.1, 0.15) is 18.5 Å². The van der Waals surface area contributed by atoms with Gasteiger partial charge in [0.15, 0.2) is 0 Å². The average molecular weight is 385 g/mol. The van der Waals surface area contributed by atoms with Crippen LogP contribution in [0.4, 0.5) is 0 Å². The number of halogens is 1. The predicted octanol–water partition coefficient (Wildman–Crippen LogP) is 5.27. The van der Waals surface area contributed by atoms with E-state index in [1.807, 2.05) is 0 Å². The van der Waals surface area contributed by atoms with Crippen molar-refractivity contribution < 1.29 is 4.74 Å². The molecule has 1 saturated carbocycles. The molecule has 4 heteroatoms. The standard InChI is InChI=1S/C23H28N2O.ClH/c1-23(20-14-6-3-7-15-20)22(19-12-4-2-5-13-19)24-21(25-23)17-26-16-18-10-8-9-11-18;/h2-7,12-15,18,22H,8-11,16-17H2,1H3,(H,24,25);1H/t22-,23+;/m1./s1. The van der Waals surface area contributed by atoms with Crippen molar-refractivity contribution in [1.29, 1.82) is 0 Å². The maximum Gasteiger partial charge on any atom is 0.124 e. The molecule has 1 aliphatic heterocycles. The number of ether oxygens (including phenoxy) is 1. The number of benzene rings is 2. The Bertz CT molecular complexity index is 743. The zero-order valence-electron chi connectivity index (χ0n) is 15.9. The first-order valence-corrected chi connectivity index (χ1v) is 9.79. The van der Waals surface area contributed by atoms with Crippen LogP contribution < -0.4 is 5.32 Å². The highest BCUT2D eigenvalue weighted by Gasteiger charge is 2.42. The molecule has 0 radical (unpaired) electrons. The number of rotatable bonds is 6. The molecule has 2 aliphatic rings. The molecule has 2 aromatic rings. The fourth-order valence-electron chi connectivity index (χ4n) is 4.32. The summed E-state index contributed by atoms with van der Waals surface area (Å²) in [7, 11) is 0.